The van der Waals surface area contributed by atoms with Crippen LogP contribution >= 0.6 is 0 Å². The van der Waals surface area contributed by atoms with Gasteiger partial charge in [0, 0.05) is 0 Å². The van der Waals surface area contributed by atoms with Crippen LogP contribution in [0.1, 0.15) is 156 Å². The Bertz CT molecular complexity index is 697. The zero-order valence-electron chi connectivity index (χ0n) is 28.4. The smallest absolute Gasteiger partial charge is 0.311 e. The van der Waals surface area contributed by atoms with Crippen LogP contribution in [0.5, 0.6) is 0 Å². The van der Waals surface area contributed by atoms with E-state index in [-0.39, 0.29) is 24.1 Å². The molecule has 0 aliphatic rings. The summed E-state index contributed by atoms with van der Waals surface area (Å²) in [7, 11) is 0. The zero-order valence-corrected chi connectivity index (χ0v) is 28.4. The molecule has 0 aromatic carbocycles. The average Bonchev–Trinajstić information content (AvgIpc) is 2.95. The van der Waals surface area contributed by atoms with Crippen molar-refractivity contribution in [3.05, 3.63) is 12.2 Å². The first-order valence-corrected chi connectivity index (χ1v) is 17.7. The molecule has 3 atom stereocenters. The second-order valence-electron chi connectivity index (χ2n) is 13.4. The van der Waals surface area contributed by atoms with Crippen molar-refractivity contribution in [1.82, 2.24) is 0 Å². The van der Waals surface area contributed by atoms with E-state index in [1.54, 1.807) is 20.8 Å². The maximum atomic E-state index is 11.6. The Hall–Kier alpha value is -1.89. The summed E-state index contributed by atoms with van der Waals surface area (Å²) in [5.41, 5.74) is 0. The van der Waals surface area contributed by atoms with E-state index < -0.39 is 35.7 Å². The van der Waals surface area contributed by atoms with Crippen LogP contribution in [0, 0.1) is 17.8 Å². The summed E-state index contributed by atoms with van der Waals surface area (Å²) >= 11 is 0. The lowest BCUT2D eigenvalue weighted by Crippen LogP contribution is -2.57. The summed E-state index contributed by atoms with van der Waals surface area (Å²) in [6.45, 7) is 8.35. The highest BCUT2D eigenvalue weighted by atomic mass is 16.4. The number of carbonyl (C=O) groups is 3. The number of unbranched alkanes of at least 4 members (excludes halogenated alkanes) is 19. The van der Waals surface area contributed by atoms with Crippen LogP contribution in [0.25, 0.3) is 0 Å². The molecule has 0 saturated heterocycles. The van der Waals surface area contributed by atoms with Crippen LogP contribution in [0.3, 0.4) is 0 Å². The van der Waals surface area contributed by atoms with Crippen molar-refractivity contribution < 1.29 is 34.2 Å². The van der Waals surface area contributed by atoms with Gasteiger partial charge < -0.3 is 19.8 Å². The number of quaternary nitrogens is 1. The van der Waals surface area contributed by atoms with Crippen LogP contribution < -0.4 is 0 Å². The van der Waals surface area contributed by atoms with Crippen LogP contribution in [-0.2, 0) is 14.4 Å². The molecule has 0 radical (unpaired) electrons. The van der Waals surface area contributed by atoms with Crippen molar-refractivity contribution in [2.45, 2.75) is 156 Å². The summed E-state index contributed by atoms with van der Waals surface area (Å²) in [6, 6.07) is 0. The molecule has 0 aliphatic carbocycles. The van der Waals surface area contributed by atoms with Crippen LogP contribution in [-0.4, -0.2) is 63.9 Å². The normalized spacial score (nSPS) is 15.3. The number of aliphatic carboxylic acids is 3. The highest BCUT2D eigenvalue weighted by molar-refractivity contribution is 5.70. The minimum Gasteiger partial charge on any atom is -0.481 e. The summed E-state index contributed by atoms with van der Waals surface area (Å²) in [6.07, 6.45) is 30.2. The van der Waals surface area contributed by atoms with Gasteiger partial charge in [0.2, 0.25) is 0 Å². The van der Waals surface area contributed by atoms with Crippen LogP contribution in [0.15, 0.2) is 12.2 Å². The number of hydrogen-bond acceptors (Lipinski definition) is 3. The molecular formula is C36H68NO6+. The Kier molecular flexibility index (Phi) is 25.3. The van der Waals surface area contributed by atoms with Crippen molar-refractivity contribution in [2.24, 2.45) is 17.8 Å². The van der Waals surface area contributed by atoms with Gasteiger partial charge in [-0.05, 0) is 53.4 Å². The average molecular weight is 611 g/mol. The lowest BCUT2D eigenvalue weighted by atomic mass is 10.00. The van der Waals surface area contributed by atoms with Gasteiger partial charge in [0.25, 0.3) is 0 Å². The van der Waals surface area contributed by atoms with E-state index in [4.69, 9.17) is 0 Å². The highest BCUT2D eigenvalue weighted by Crippen LogP contribution is 2.22. The molecule has 3 unspecified atom stereocenters. The minimum absolute atomic E-state index is 0.228. The first kappa shape index (κ1) is 41.1. The second kappa shape index (κ2) is 26.5. The molecular weight excluding hydrogens is 542 g/mol. The van der Waals surface area contributed by atoms with E-state index >= 15 is 0 Å². The van der Waals surface area contributed by atoms with Crippen LogP contribution in [0.2, 0.25) is 0 Å². The molecule has 7 heteroatoms. The van der Waals surface area contributed by atoms with Crippen molar-refractivity contribution in [3.8, 4) is 0 Å². The Morgan fingerprint density at radius 2 is 0.744 bits per heavy atom. The summed E-state index contributed by atoms with van der Waals surface area (Å²) < 4.78 is 0.228. The molecule has 252 valence electrons. The molecule has 7 nitrogen and oxygen atoms in total. The number of nitrogens with zero attached hydrogens (tertiary/aromatic N) is 1. The quantitative estimate of drug-likeness (QED) is 0.0410. The van der Waals surface area contributed by atoms with Gasteiger partial charge in [0.1, 0.15) is 17.8 Å². The standard InChI is InChI=1S/C36H67NO6/c1-5-6-7-8-9-10-11-12-13-14-15-16-17-18-19-20-21-22-23-24-25-26-27-37(28-31(2)34(38)39,29-32(3)35(40)41)30-33(4)36(42)43/h5-6,31-33H,7-30H2,1-4H3,(H2-,38,39,40,41,42,43)/p+1/b6-5+. The molecule has 0 heterocycles. The van der Waals surface area contributed by atoms with E-state index in [1.807, 2.05) is 0 Å². The van der Waals surface area contributed by atoms with Crippen molar-refractivity contribution in [3.63, 3.8) is 0 Å². The Morgan fingerprint density at radius 1 is 0.488 bits per heavy atom. The molecule has 0 fully saturated rings. The van der Waals surface area contributed by atoms with Gasteiger partial charge in [-0.1, -0.05) is 115 Å². The third kappa shape index (κ3) is 23.2. The first-order valence-electron chi connectivity index (χ1n) is 17.7. The van der Waals surface area contributed by atoms with Crippen molar-refractivity contribution >= 4 is 17.9 Å². The number of hydrogen-bond donors (Lipinski definition) is 3. The molecule has 0 rings (SSSR count). The highest BCUT2D eigenvalue weighted by Gasteiger charge is 2.38. The molecule has 43 heavy (non-hydrogen) atoms. The number of carboxylic acid groups (broad SMARTS) is 3. The maximum absolute atomic E-state index is 11.6. The Labute approximate surface area is 264 Å². The third-order valence-corrected chi connectivity index (χ3v) is 8.99. The predicted octanol–water partition coefficient (Wildman–Crippen LogP) is 9.34. The number of carboxylic acids is 3. The maximum Gasteiger partial charge on any atom is 0.311 e. The first-order chi connectivity index (χ1) is 20.5. The lowest BCUT2D eigenvalue weighted by molar-refractivity contribution is -0.934. The topological polar surface area (TPSA) is 112 Å². The van der Waals surface area contributed by atoms with E-state index in [1.165, 1.54) is 109 Å². The number of allylic oxidation sites excluding steroid dienone is 2. The Morgan fingerprint density at radius 3 is 1.00 bits per heavy atom. The zero-order chi connectivity index (χ0) is 32.3. The summed E-state index contributed by atoms with van der Waals surface area (Å²) in [4.78, 5) is 34.9. The van der Waals surface area contributed by atoms with E-state index in [0.717, 1.165) is 19.3 Å². The third-order valence-electron chi connectivity index (χ3n) is 8.99. The van der Waals surface area contributed by atoms with Gasteiger partial charge in [0.05, 0.1) is 26.2 Å². The SMILES string of the molecule is C/C=C/CCCCCCCCCCCCCCCCCCCCC[N+](CC(C)C(=O)O)(CC(C)C(=O)O)CC(C)C(=O)O. The monoisotopic (exact) mass is 611 g/mol. The number of rotatable bonds is 31. The molecule has 0 saturated carbocycles. The lowest BCUT2D eigenvalue weighted by Gasteiger charge is -2.42. The predicted molar refractivity (Wildman–Crippen MR) is 177 cm³/mol. The van der Waals surface area contributed by atoms with Gasteiger partial charge in [-0.25, -0.2) is 0 Å². The fourth-order valence-corrected chi connectivity index (χ4v) is 6.36. The molecule has 3 N–H and O–H groups in total. The van der Waals surface area contributed by atoms with Gasteiger partial charge in [0.15, 0.2) is 0 Å². The summed E-state index contributed by atoms with van der Waals surface area (Å²) in [5, 5.41) is 28.6. The van der Waals surface area contributed by atoms with Crippen molar-refractivity contribution in [1.29, 1.82) is 0 Å². The van der Waals surface area contributed by atoms with Gasteiger partial charge in [-0.3, -0.25) is 14.4 Å². The van der Waals surface area contributed by atoms with E-state index in [2.05, 4.69) is 19.1 Å². The molecule has 0 amide bonds. The van der Waals surface area contributed by atoms with Gasteiger partial charge in [-0.2, -0.15) is 0 Å². The largest absolute Gasteiger partial charge is 0.481 e. The molecule has 0 aliphatic heterocycles. The minimum atomic E-state index is -0.930. The molecule has 0 bridgehead atoms. The molecule has 0 aromatic rings. The second-order valence-corrected chi connectivity index (χ2v) is 13.4. The van der Waals surface area contributed by atoms with Crippen molar-refractivity contribution in [2.75, 3.05) is 26.2 Å². The van der Waals surface area contributed by atoms with Gasteiger partial charge in [-0.15, -0.1) is 0 Å². The van der Waals surface area contributed by atoms with Gasteiger partial charge >= 0.3 is 17.9 Å². The molecule has 0 aromatic heterocycles. The Balaban J connectivity index is 4.10. The van der Waals surface area contributed by atoms with E-state index in [9.17, 15) is 29.7 Å². The fourth-order valence-electron chi connectivity index (χ4n) is 6.36. The van der Waals surface area contributed by atoms with E-state index in [0.29, 0.717) is 6.54 Å². The summed E-state index contributed by atoms with van der Waals surface area (Å²) in [5.74, 6) is -4.79. The fraction of sp³-hybridized carbons (Fsp3) is 0.861. The molecule has 0 spiro atoms. The van der Waals surface area contributed by atoms with Crippen LogP contribution in [0.4, 0.5) is 0 Å².